The summed E-state index contributed by atoms with van der Waals surface area (Å²) in [5.74, 6) is 0. The molecule has 0 bridgehead atoms. The molecule has 4 nitrogen and oxygen atoms in total. The van der Waals surface area contributed by atoms with Gasteiger partial charge in [0.2, 0.25) is 0 Å². The fourth-order valence-electron chi connectivity index (χ4n) is 1.77. The molecule has 0 aliphatic heterocycles. The molecule has 0 saturated heterocycles. The molecule has 8 heteroatoms. The summed E-state index contributed by atoms with van der Waals surface area (Å²) in [6.07, 6.45) is 1.39. The minimum absolute atomic E-state index is 0.329. The van der Waals surface area contributed by atoms with Crippen molar-refractivity contribution in [1.29, 1.82) is 0 Å². The Morgan fingerprint density at radius 3 is 2.60 bits per heavy atom. The summed E-state index contributed by atoms with van der Waals surface area (Å²) in [7, 11) is 0. The first-order chi connectivity index (χ1) is 9.45. The summed E-state index contributed by atoms with van der Waals surface area (Å²) in [5.41, 5.74) is 0.477. The van der Waals surface area contributed by atoms with Crippen molar-refractivity contribution in [3.05, 3.63) is 47.1 Å². The maximum absolute atomic E-state index is 12.5. The Bertz CT molecular complexity index is 764. The molecule has 0 amide bonds. The molecule has 102 valence electrons. The van der Waals surface area contributed by atoms with Crippen LogP contribution in [0.4, 0.5) is 13.2 Å². The van der Waals surface area contributed by atoms with Gasteiger partial charge in [-0.3, -0.25) is 4.98 Å². The number of rotatable bonds is 1. The molecule has 0 saturated carbocycles. The van der Waals surface area contributed by atoms with Crippen LogP contribution in [0.1, 0.15) is 5.56 Å². The summed E-state index contributed by atoms with van der Waals surface area (Å²) >= 11 is 3.24. The van der Waals surface area contributed by atoms with Crippen molar-refractivity contribution in [2.75, 3.05) is 0 Å². The van der Waals surface area contributed by atoms with Crippen LogP contribution in [0.25, 0.3) is 17.0 Å². The van der Waals surface area contributed by atoms with Gasteiger partial charge in [-0.2, -0.15) is 13.2 Å². The molecular weight excluding hydrogens is 337 g/mol. The van der Waals surface area contributed by atoms with Crippen LogP contribution in [-0.2, 0) is 6.18 Å². The number of aromatic nitrogens is 4. The van der Waals surface area contributed by atoms with Gasteiger partial charge in [0.25, 0.3) is 0 Å². The molecule has 0 N–H and O–H groups in total. The average molecular weight is 343 g/mol. The topological polar surface area (TPSA) is 43.1 Å². The summed E-state index contributed by atoms with van der Waals surface area (Å²) in [5, 5.41) is 0. The van der Waals surface area contributed by atoms with E-state index >= 15 is 0 Å². The lowest BCUT2D eigenvalue weighted by molar-refractivity contribution is -0.137. The first-order valence-electron chi connectivity index (χ1n) is 5.48. The lowest BCUT2D eigenvalue weighted by Crippen LogP contribution is -2.05. The second kappa shape index (κ2) is 4.55. The SMILES string of the molecule is FC(F)(F)c1ccc(-c2nc(Br)cn3ccnc23)nc1. The minimum atomic E-state index is -4.40. The van der Waals surface area contributed by atoms with Crippen LogP contribution >= 0.6 is 15.9 Å². The largest absolute Gasteiger partial charge is 0.417 e. The second-order valence-corrected chi connectivity index (χ2v) is 4.81. The van der Waals surface area contributed by atoms with Gasteiger partial charge in [0.15, 0.2) is 5.65 Å². The van der Waals surface area contributed by atoms with Crippen molar-refractivity contribution in [3.8, 4) is 11.4 Å². The molecule has 3 aromatic rings. The number of imidazole rings is 1. The zero-order valence-corrected chi connectivity index (χ0v) is 11.4. The molecule has 3 rings (SSSR count). The molecule has 0 aliphatic rings. The van der Waals surface area contributed by atoms with Crippen molar-refractivity contribution in [3.63, 3.8) is 0 Å². The molecule has 0 atom stereocenters. The predicted octanol–water partition coefficient (Wildman–Crippen LogP) is 3.57. The van der Waals surface area contributed by atoms with Gasteiger partial charge >= 0.3 is 6.18 Å². The highest BCUT2D eigenvalue weighted by atomic mass is 79.9. The standard InChI is InChI=1S/C12H6BrF3N4/c13-9-6-20-4-3-17-11(20)10(19-9)8-2-1-7(5-18-8)12(14,15)16/h1-6H. The Hall–Kier alpha value is -1.96. The van der Waals surface area contributed by atoms with Crippen LogP contribution < -0.4 is 0 Å². The number of halogens is 4. The average Bonchev–Trinajstić information content (AvgIpc) is 2.85. The molecule has 3 heterocycles. The van der Waals surface area contributed by atoms with Crippen LogP contribution in [0.2, 0.25) is 0 Å². The Kier molecular flexibility index (Phi) is 2.97. The van der Waals surface area contributed by atoms with Gasteiger partial charge < -0.3 is 4.40 Å². The number of nitrogens with zero attached hydrogens (tertiary/aromatic N) is 4. The number of hydrogen-bond donors (Lipinski definition) is 0. The normalized spacial score (nSPS) is 12.0. The van der Waals surface area contributed by atoms with Gasteiger partial charge in [0.1, 0.15) is 10.3 Å². The van der Waals surface area contributed by atoms with E-state index in [0.29, 0.717) is 21.6 Å². The maximum atomic E-state index is 12.5. The minimum Gasteiger partial charge on any atom is -0.303 e. The zero-order chi connectivity index (χ0) is 14.3. The summed E-state index contributed by atoms with van der Waals surface area (Å²) in [6, 6.07) is 2.26. The summed E-state index contributed by atoms with van der Waals surface area (Å²) < 4.78 is 39.8. The van der Waals surface area contributed by atoms with Crippen LogP contribution in [0.15, 0.2) is 41.5 Å². The van der Waals surface area contributed by atoms with Crippen molar-refractivity contribution in [2.45, 2.75) is 6.18 Å². The highest BCUT2D eigenvalue weighted by Gasteiger charge is 2.30. The Labute approximate surface area is 119 Å². The van der Waals surface area contributed by atoms with E-state index in [9.17, 15) is 13.2 Å². The highest BCUT2D eigenvalue weighted by molar-refractivity contribution is 9.10. The molecule has 3 aromatic heterocycles. The van der Waals surface area contributed by atoms with Gasteiger partial charge in [0.05, 0.1) is 11.3 Å². The number of hydrogen-bond acceptors (Lipinski definition) is 3. The van der Waals surface area contributed by atoms with Crippen molar-refractivity contribution in [2.24, 2.45) is 0 Å². The van der Waals surface area contributed by atoms with Gasteiger partial charge in [0, 0.05) is 24.8 Å². The molecule has 0 spiro atoms. The lowest BCUT2D eigenvalue weighted by Gasteiger charge is -2.07. The van der Waals surface area contributed by atoms with Gasteiger partial charge in [-0.15, -0.1) is 0 Å². The smallest absolute Gasteiger partial charge is 0.303 e. The van der Waals surface area contributed by atoms with Gasteiger partial charge in [-0.05, 0) is 28.1 Å². The van der Waals surface area contributed by atoms with E-state index in [1.165, 1.54) is 6.07 Å². The third kappa shape index (κ3) is 2.26. The predicted molar refractivity (Wildman–Crippen MR) is 68.9 cm³/mol. The monoisotopic (exact) mass is 342 g/mol. The molecule has 0 radical (unpaired) electrons. The molecular formula is C12H6BrF3N4. The van der Waals surface area contributed by atoms with Crippen LogP contribution in [0.3, 0.4) is 0 Å². The number of fused-ring (bicyclic) bond motifs is 1. The van der Waals surface area contributed by atoms with E-state index in [0.717, 1.165) is 12.3 Å². The molecule has 0 fully saturated rings. The third-order valence-electron chi connectivity index (χ3n) is 2.68. The van der Waals surface area contributed by atoms with Crippen LogP contribution in [0, 0.1) is 0 Å². The number of alkyl halides is 3. The van der Waals surface area contributed by atoms with E-state index in [1.807, 2.05) is 0 Å². The Morgan fingerprint density at radius 1 is 1.15 bits per heavy atom. The molecule has 0 aromatic carbocycles. The van der Waals surface area contributed by atoms with Gasteiger partial charge in [-0.25, -0.2) is 9.97 Å². The van der Waals surface area contributed by atoms with Crippen molar-refractivity contribution < 1.29 is 13.2 Å². The third-order valence-corrected chi connectivity index (χ3v) is 3.06. The van der Waals surface area contributed by atoms with Crippen molar-refractivity contribution in [1.82, 2.24) is 19.4 Å². The van der Waals surface area contributed by atoms with E-state index in [-0.39, 0.29) is 0 Å². The fraction of sp³-hybridized carbons (Fsp3) is 0.0833. The maximum Gasteiger partial charge on any atom is 0.417 e. The molecule has 20 heavy (non-hydrogen) atoms. The number of pyridine rings is 1. The lowest BCUT2D eigenvalue weighted by atomic mass is 10.2. The van der Waals surface area contributed by atoms with Gasteiger partial charge in [-0.1, -0.05) is 0 Å². The fourth-order valence-corrected chi connectivity index (χ4v) is 2.17. The van der Waals surface area contributed by atoms with E-state index in [2.05, 4.69) is 30.9 Å². The summed E-state index contributed by atoms with van der Waals surface area (Å²) in [4.78, 5) is 12.2. The molecule has 0 aliphatic carbocycles. The highest BCUT2D eigenvalue weighted by Crippen LogP contribution is 2.30. The first-order valence-corrected chi connectivity index (χ1v) is 6.27. The van der Waals surface area contributed by atoms with E-state index in [1.54, 1.807) is 23.0 Å². The molecule has 0 unspecified atom stereocenters. The quantitative estimate of drug-likeness (QED) is 0.678. The summed E-state index contributed by atoms with van der Waals surface area (Å²) in [6.45, 7) is 0. The second-order valence-electron chi connectivity index (χ2n) is 4.00. The first kappa shape index (κ1) is 13.0. The van der Waals surface area contributed by atoms with E-state index in [4.69, 9.17) is 0 Å². The zero-order valence-electron chi connectivity index (χ0n) is 9.76. The van der Waals surface area contributed by atoms with Crippen LogP contribution in [0.5, 0.6) is 0 Å². The Morgan fingerprint density at radius 2 is 1.95 bits per heavy atom. The van der Waals surface area contributed by atoms with E-state index < -0.39 is 11.7 Å². The van der Waals surface area contributed by atoms with Crippen LogP contribution in [-0.4, -0.2) is 19.4 Å². The Balaban J connectivity index is 2.14. The van der Waals surface area contributed by atoms with Crippen molar-refractivity contribution >= 4 is 21.6 Å².